The maximum atomic E-state index is 13.7. The number of amides is 1. The fourth-order valence-corrected chi connectivity index (χ4v) is 5.66. The van der Waals surface area contributed by atoms with E-state index in [1.54, 1.807) is 27.5 Å². The number of benzene rings is 1. The second-order valence-electron chi connectivity index (χ2n) is 10.1. The first-order valence-corrected chi connectivity index (χ1v) is 13.3. The van der Waals surface area contributed by atoms with Gasteiger partial charge in [-0.1, -0.05) is 16.8 Å². The van der Waals surface area contributed by atoms with Gasteiger partial charge in [0.1, 0.15) is 5.69 Å². The number of imidazole rings is 1. The van der Waals surface area contributed by atoms with Crippen molar-refractivity contribution < 1.29 is 18.1 Å². The number of pyridine rings is 2. The van der Waals surface area contributed by atoms with Gasteiger partial charge in [0.25, 0.3) is 12.3 Å². The number of carbonyl (C=O) groups is 1. The molecule has 1 amide bonds. The summed E-state index contributed by atoms with van der Waals surface area (Å²) >= 11 is 5.90. The quantitative estimate of drug-likeness (QED) is 0.286. The van der Waals surface area contributed by atoms with Crippen LogP contribution >= 0.6 is 11.6 Å². The summed E-state index contributed by atoms with van der Waals surface area (Å²) in [5.74, 6) is -0.424. The summed E-state index contributed by atoms with van der Waals surface area (Å²) < 4.78 is 35.4. The zero-order valence-electron chi connectivity index (χ0n) is 21.5. The third kappa shape index (κ3) is 4.74. The highest BCUT2D eigenvalue weighted by Gasteiger charge is 2.27. The van der Waals surface area contributed by atoms with Crippen molar-refractivity contribution in [2.75, 3.05) is 0 Å². The standard InChI is InChI=1S/C28H25ClF2N6O3/c1-15-20-9-8-19(12-23(20)40-35-15)37-26-22(3-2-10-32-26)36(28(37)39)14-16-4-6-18(7-5-16)34-27(38)21-11-17(29)13-33-24(21)25(30)31/h2-3,8-13,16,18,25H,4-7,14H2,1H3,(H,34,38)/t16-,18-. The zero-order valence-corrected chi connectivity index (χ0v) is 22.2. The summed E-state index contributed by atoms with van der Waals surface area (Å²) in [5, 5.41) is 7.86. The molecule has 0 unspecified atom stereocenters. The first-order valence-electron chi connectivity index (χ1n) is 13.0. The lowest BCUT2D eigenvalue weighted by Gasteiger charge is -2.29. The summed E-state index contributed by atoms with van der Waals surface area (Å²) in [7, 11) is 0. The van der Waals surface area contributed by atoms with E-state index < -0.39 is 18.0 Å². The number of nitrogens with one attached hydrogen (secondary N) is 1. The average Bonchev–Trinajstić information content (AvgIpc) is 3.45. The highest BCUT2D eigenvalue weighted by Crippen LogP contribution is 2.29. The van der Waals surface area contributed by atoms with Crippen LogP contribution in [0.5, 0.6) is 0 Å². The highest BCUT2D eigenvalue weighted by atomic mass is 35.5. The van der Waals surface area contributed by atoms with Crippen molar-refractivity contribution in [1.29, 1.82) is 0 Å². The van der Waals surface area contributed by atoms with E-state index in [-0.39, 0.29) is 28.2 Å². The Kier molecular flexibility index (Phi) is 6.83. The van der Waals surface area contributed by atoms with Gasteiger partial charge in [0.15, 0.2) is 11.2 Å². The first-order chi connectivity index (χ1) is 19.3. The number of alkyl halides is 2. The molecule has 1 aliphatic carbocycles. The Morgan fingerprint density at radius 3 is 2.75 bits per heavy atom. The van der Waals surface area contributed by atoms with Gasteiger partial charge >= 0.3 is 5.69 Å². The van der Waals surface area contributed by atoms with Crippen LogP contribution in [0.25, 0.3) is 27.8 Å². The molecule has 1 aromatic carbocycles. The van der Waals surface area contributed by atoms with Gasteiger partial charge in [-0.3, -0.25) is 14.3 Å². The van der Waals surface area contributed by atoms with Gasteiger partial charge in [-0.2, -0.15) is 0 Å². The minimum absolute atomic E-state index is 0.119. The summed E-state index contributed by atoms with van der Waals surface area (Å²) in [6.07, 6.45) is 2.69. The molecule has 40 heavy (non-hydrogen) atoms. The molecule has 4 heterocycles. The molecular weight excluding hydrogens is 542 g/mol. The topological polar surface area (TPSA) is 108 Å². The van der Waals surface area contributed by atoms with Gasteiger partial charge in [-0.25, -0.2) is 23.1 Å². The number of aryl methyl sites for hydroxylation is 1. The lowest BCUT2D eigenvalue weighted by atomic mass is 9.85. The molecule has 0 aliphatic heterocycles. The SMILES string of the molecule is Cc1noc2cc(-n3c(=O)n(C[C@H]4CC[C@H](NC(=O)c5cc(Cl)cnc5C(F)F)CC4)c4cccnc43)ccc12. The molecule has 0 radical (unpaired) electrons. The van der Waals surface area contributed by atoms with Crippen LogP contribution in [-0.2, 0) is 6.54 Å². The van der Waals surface area contributed by atoms with Crippen LogP contribution in [0.15, 0.2) is 58.1 Å². The number of rotatable bonds is 6. The second kappa shape index (κ2) is 10.5. The Labute approximate surface area is 231 Å². The highest BCUT2D eigenvalue weighted by molar-refractivity contribution is 6.30. The van der Waals surface area contributed by atoms with Gasteiger partial charge in [-0.05, 0) is 68.9 Å². The number of hydrogen-bond donors (Lipinski definition) is 1. The van der Waals surface area contributed by atoms with E-state index >= 15 is 0 Å². The van der Waals surface area contributed by atoms with Crippen molar-refractivity contribution in [3.05, 3.63) is 81.3 Å². The lowest BCUT2D eigenvalue weighted by molar-refractivity contribution is 0.0904. The summed E-state index contributed by atoms with van der Waals surface area (Å²) in [5.41, 5.74) is 2.29. The number of nitrogens with zero attached hydrogens (tertiary/aromatic N) is 5. The van der Waals surface area contributed by atoms with Crippen LogP contribution in [0.3, 0.4) is 0 Å². The van der Waals surface area contributed by atoms with Crippen molar-refractivity contribution in [2.45, 2.75) is 51.6 Å². The molecule has 1 N–H and O–H groups in total. The van der Waals surface area contributed by atoms with Crippen LogP contribution in [-0.4, -0.2) is 36.2 Å². The van der Waals surface area contributed by atoms with E-state index in [0.29, 0.717) is 36.3 Å². The van der Waals surface area contributed by atoms with Crippen molar-refractivity contribution >= 4 is 39.6 Å². The molecule has 0 atom stereocenters. The Bertz CT molecular complexity index is 1790. The van der Waals surface area contributed by atoms with Crippen molar-refractivity contribution in [2.24, 2.45) is 5.92 Å². The van der Waals surface area contributed by atoms with E-state index in [4.69, 9.17) is 16.1 Å². The van der Waals surface area contributed by atoms with E-state index in [2.05, 4.69) is 20.4 Å². The number of hydrogen-bond acceptors (Lipinski definition) is 6. The predicted octanol–water partition coefficient (Wildman–Crippen LogP) is 5.61. The minimum atomic E-state index is -2.88. The molecule has 0 saturated heterocycles. The van der Waals surface area contributed by atoms with Crippen molar-refractivity contribution in [3.63, 3.8) is 0 Å². The summed E-state index contributed by atoms with van der Waals surface area (Å²) in [6, 6.07) is 10.2. The Morgan fingerprint density at radius 2 is 1.98 bits per heavy atom. The molecule has 5 aromatic rings. The number of halogens is 3. The average molecular weight is 567 g/mol. The van der Waals surface area contributed by atoms with Crippen molar-refractivity contribution in [1.82, 2.24) is 29.6 Å². The van der Waals surface area contributed by atoms with E-state index in [1.807, 2.05) is 25.1 Å². The predicted molar refractivity (Wildman–Crippen MR) is 145 cm³/mol. The second-order valence-corrected chi connectivity index (χ2v) is 10.5. The molecule has 0 bridgehead atoms. The van der Waals surface area contributed by atoms with Gasteiger partial charge in [0.2, 0.25) is 0 Å². The Hall–Kier alpha value is -4.12. The monoisotopic (exact) mass is 566 g/mol. The first kappa shape index (κ1) is 26.1. The van der Waals surface area contributed by atoms with Crippen LogP contribution in [0.2, 0.25) is 5.02 Å². The van der Waals surface area contributed by atoms with Gasteiger partial charge in [0, 0.05) is 36.4 Å². The van der Waals surface area contributed by atoms with E-state index in [0.717, 1.165) is 35.6 Å². The molecule has 9 nitrogen and oxygen atoms in total. The smallest absolute Gasteiger partial charge is 0.334 e. The van der Waals surface area contributed by atoms with E-state index in [9.17, 15) is 18.4 Å². The number of carbonyl (C=O) groups excluding carboxylic acids is 1. The maximum Gasteiger partial charge on any atom is 0.334 e. The molecule has 4 aromatic heterocycles. The summed E-state index contributed by atoms with van der Waals surface area (Å²) in [6.45, 7) is 2.35. The van der Waals surface area contributed by atoms with Gasteiger partial charge < -0.3 is 9.84 Å². The maximum absolute atomic E-state index is 13.7. The van der Waals surface area contributed by atoms with E-state index in [1.165, 1.54) is 6.07 Å². The fraction of sp³-hybridized carbons (Fsp3) is 0.321. The molecule has 1 fully saturated rings. The number of fused-ring (bicyclic) bond motifs is 2. The van der Waals surface area contributed by atoms with Gasteiger partial charge in [0.05, 0.1) is 27.5 Å². The molecule has 12 heteroatoms. The zero-order chi connectivity index (χ0) is 28.0. The van der Waals surface area contributed by atoms with Crippen LogP contribution in [0.4, 0.5) is 8.78 Å². The molecule has 0 spiro atoms. The minimum Gasteiger partial charge on any atom is -0.356 e. The molecular formula is C28H25ClF2N6O3. The normalized spacial score (nSPS) is 17.6. The molecule has 1 aliphatic rings. The lowest BCUT2D eigenvalue weighted by Crippen LogP contribution is -2.39. The molecule has 1 saturated carbocycles. The number of aromatic nitrogens is 5. The molecule has 206 valence electrons. The summed E-state index contributed by atoms with van der Waals surface area (Å²) in [4.78, 5) is 34.6. The Balaban J connectivity index is 1.19. The Morgan fingerprint density at radius 1 is 1.18 bits per heavy atom. The van der Waals surface area contributed by atoms with Gasteiger partial charge in [-0.15, -0.1) is 0 Å². The largest absolute Gasteiger partial charge is 0.356 e. The molecule has 6 rings (SSSR count). The fourth-order valence-electron chi connectivity index (χ4n) is 5.50. The third-order valence-electron chi connectivity index (χ3n) is 7.54. The van der Waals surface area contributed by atoms with Crippen LogP contribution < -0.4 is 11.0 Å². The van der Waals surface area contributed by atoms with Crippen LogP contribution in [0.1, 0.15) is 53.9 Å². The van der Waals surface area contributed by atoms with Crippen molar-refractivity contribution in [3.8, 4) is 5.69 Å². The third-order valence-corrected chi connectivity index (χ3v) is 7.75. The van der Waals surface area contributed by atoms with Crippen LogP contribution in [0, 0.1) is 12.8 Å².